The van der Waals surface area contributed by atoms with Crippen LogP contribution in [0.15, 0.2) is 103 Å². The smallest absolute Gasteiger partial charge is 0.247 e. The molecule has 2 amide bonds. The van der Waals surface area contributed by atoms with Gasteiger partial charge < -0.3 is 10.2 Å². The van der Waals surface area contributed by atoms with Gasteiger partial charge in [0.25, 0.3) is 0 Å². The van der Waals surface area contributed by atoms with E-state index in [4.69, 9.17) is 0 Å². The number of rotatable bonds is 13. The number of nitrogens with zero attached hydrogens (tertiary/aromatic N) is 2. The second-order valence-electron chi connectivity index (χ2n) is 10.5. The average Bonchev–Trinajstić information content (AvgIpc) is 2.98. The topological polar surface area (TPSA) is 86.8 Å². The molecular weight excluding hydrogens is 534 g/mol. The Morgan fingerprint density at radius 2 is 1.41 bits per heavy atom. The van der Waals surface area contributed by atoms with Gasteiger partial charge in [-0.3, -0.25) is 9.59 Å². The van der Waals surface area contributed by atoms with Crippen molar-refractivity contribution in [1.82, 2.24) is 14.5 Å². The monoisotopic (exact) mass is 573 g/mol. The van der Waals surface area contributed by atoms with Gasteiger partial charge in [0, 0.05) is 19.6 Å². The van der Waals surface area contributed by atoms with Crippen LogP contribution >= 0.6 is 0 Å². The minimum atomic E-state index is -3.72. The van der Waals surface area contributed by atoms with Gasteiger partial charge in [-0.15, -0.1) is 0 Å². The molecule has 0 saturated carbocycles. The van der Waals surface area contributed by atoms with Crippen molar-refractivity contribution >= 4 is 21.8 Å². The minimum absolute atomic E-state index is 0.0574. The van der Waals surface area contributed by atoms with Crippen LogP contribution in [-0.2, 0) is 32.7 Å². The molecule has 0 aromatic heterocycles. The van der Waals surface area contributed by atoms with Crippen LogP contribution in [0.5, 0.6) is 0 Å². The highest BCUT2D eigenvalue weighted by Crippen LogP contribution is 2.25. The van der Waals surface area contributed by atoms with Gasteiger partial charge in [-0.2, -0.15) is 4.31 Å². The van der Waals surface area contributed by atoms with Crippen LogP contribution in [0, 0.1) is 0 Å². The fraction of sp³-hybridized carbons (Fsp3) is 0.333. The number of hydrogen-bond donors (Lipinski definition) is 1. The van der Waals surface area contributed by atoms with E-state index in [0.29, 0.717) is 12.1 Å². The Morgan fingerprint density at radius 3 is 1.98 bits per heavy atom. The molecule has 0 radical (unpaired) electrons. The van der Waals surface area contributed by atoms with Crippen molar-refractivity contribution in [2.75, 3.05) is 19.3 Å². The first-order valence-corrected chi connectivity index (χ1v) is 16.0. The predicted octanol–water partition coefficient (Wildman–Crippen LogP) is 5.23. The second kappa shape index (κ2) is 14.8. The molecule has 0 heterocycles. The van der Waals surface area contributed by atoms with Crippen molar-refractivity contribution in [2.45, 2.75) is 51.2 Å². The molecule has 0 spiro atoms. The van der Waals surface area contributed by atoms with Gasteiger partial charge in [-0.1, -0.05) is 103 Å². The highest BCUT2D eigenvalue weighted by molar-refractivity contribution is 7.88. The second-order valence-corrected chi connectivity index (χ2v) is 12.5. The van der Waals surface area contributed by atoms with E-state index in [1.54, 1.807) is 0 Å². The van der Waals surface area contributed by atoms with Gasteiger partial charge in [-0.05, 0) is 48.8 Å². The summed E-state index contributed by atoms with van der Waals surface area (Å²) in [6.07, 6.45) is 8.66. The van der Waals surface area contributed by atoms with E-state index in [2.05, 4.69) is 11.4 Å². The van der Waals surface area contributed by atoms with Crippen molar-refractivity contribution in [3.05, 3.63) is 119 Å². The van der Waals surface area contributed by atoms with Gasteiger partial charge in [-0.25, -0.2) is 8.42 Å². The molecule has 1 N–H and O–H groups in total. The molecular formula is C33H39N3O4S. The summed E-state index contributed by atoms with van der Waals surface area (Å²) in [5.74, 6) is -0.736. The zero-order valence-corrected chi connectivity index (χ0v) is 24.4. The van der Waals surface area contributed by atoms with Crippen molar-refractivity contribution < 1.29 is 18.0 Å². The van der Waals surface area contributed by atoms with E-state index >= 15 is 0 Å². The summed E-state index contributed by atoms with van der Waals surface area (Å²) in [5.41, 5.74) is 3.64. The molecule has 1 aliphatic carbocycles. The maximum absolute atomic E-state index is 14.1. The molecule has 4 rings (SSSR count). The Balaban J connectivity index is 1.63. The number of benzene rings is 3. The van der Waals surface area contributed by atoms with Crippen LogP contribution < -0.4 is 5.32 Å². The number of sulfonamides is 1. The Hall–Kier alpha value is -3.75. The number of carbonyl (C=O) groups excluding carboxylic acids is 2. The standard InChI is InChI=1S/C33H39N3O4S/c1-41(39,40)35(24-28-16-8-3-9-17-28)26-31(37)36(25-29-18-10-4-11-19-29)32(30-20-12-5-13-21-30)33(38)34-23-22-27-14-6-2-7-15-27/h3-5,8-14,16-21,32H,2,6-7,15,22-26H2,1H3,(H,34,38)/t32-/m0/s1. The highest BCUT2D eigenvalue weighted by Gasteiger charge is 2.33. The lowest BCUT2D eigenvalue weighted by molar-refractivity contribution is -0.141. The van der Waals surface area contributed by atoms with E-state index in [1.807, 2.05) is 91.0 Å². The number of amides is 2. The highest BCUT2D eigenvalue weighted by atomic mass is 32.2. The summed E-state index contributed by atoms with van der Waals surface area (Å²) in [6, 6.07) is 26.9. The normalized spacial score (nSPS) is 14.2. The molecule has 0 saturated heterocycles. The largest absolute Gasteiger partial charge is 0.354 e. The molecule has 0 aliphatic heterocycles. The number of carbonyl (C=O) groups is 2. The first kappa shape index (κ1) is 30.2. The number of hydrogen-bond acceptors (Lipinski definition) is 4. The van der Waals surface area contributed by atoms with Gasteiger partial charge in [0.05, 0.1) is 12.8 Å². The zero-order valence-electron chi connectivity index (χ0n) is 23.6. The Labute approximate surface area is 243 Å². The fourth-order valence-corrected chi connectivity index (χ4v) is 5.83. The van der Waals surface area contributed by atoms with Crippen LogP contribution in [0.1, 0.15) is 54.8 Å². The van der Waals surface area contributed by atoms with E-state index in [1.165, 1.54) is 23.3 Å². The summed E-state index contributed by atoms with van der Waals surface area (Å²) in [5, 5.41) is 3.07. The third-order valence-electron chi connectivity index (χ3n) is 7.30. The van der Waals surface area contributed by atoms with Crippen molar-refractivity contribution in [3.8, 4) is 0 Å². The van der Waals surface area contributed by atoms with E-state index in [0.717, 1.165) is 41.0 Å². The lowest BCUT2D eigenvalue weighted by Crippen LogP contribution is -2.47. The summed E-state index contributed by atoms with van der Waals surface area (Å²) >= 11 is 0. The van der Waals surface area contributed by atoms with E-state index in [9.17, 15) is 18.0 Å². The van der Waals surface area contributed by atoms with E-state index in [-0.39, 0.29) is 25.5 Å². The van der Waals surface area contributed by atoms with E-state index < -0.39 is 22.0 Å². The third-order valence-corrected chi connectivity index (χ3v) is 8.50. The zero-order chi connectivity index (χ0) is 29.1. The van der Waals surface area contributed by atoms with Crippen molar-refractivity contribution in [3.63, 3.8) is 0 Å². The quantitative estimate of drug-likeness (QED) is 0.284. The van der Waals surface area contributed by atoms with Crippen molar-refractivity contribution in [1.29, 1.82) is 0 Å². The lowest BCUT2D eigenvalue weighted by atomic mass is 9.97. The van der Waals surface area contributed by atoms with Gasteiger partial charge in [0.1, 0.15) is 6.04 Å². The van der Waals surface area contributed by atoms with Crippen LogP contribution in [-0.4, -0.2) is 48.8 Å². The summed E-state index contributed by atoms with van der Waals surface area (Å²) in [7, 11) is -3.72. The van der Waals surface area contributed by atoms with Crippen LogP contribution in [0.2, 0.25) is 0 Å². The van der Waals surface area contributed by atoms with Crippen LogP contribution in [0.4, 0.5) is 0 Å². The van der Waals surface area contributed by atoms with Crippen LogP contribution in [0.3, 0.4) is 0 Å². The van der Waals surface area contributed by atoms with Gasteiger partial charge >= 0.3 is 0 Å². The molecule has 41 heavy (non-hydrogen) atoms. The predicted molar refractivity (Wildman–Crippen MR) is 162 cm³/mol. The molecule has 3 aromatic carbocycles. The summed E-state index contributed by atoms with van der Waals surface area (Å²) in [4.78, 5) is 29.4. The number of allylic oxidation sites excluding steroid dienone is 1. The van der Waals surface area contributed by atoms with Gasteiger partial charge in [0.2, 0.25) is 21.8 Å². The molecule has 0 bridgehead atoms. The minimum Gasteiger partial charge on any atom is -0.354 e. The first-order valence-electron chi connectivity index (χ1n) is 14.1. The van der Waals surface area contributed by atoms with Gasteiger partial charge in [0.15, 0.2) is 0 Å². The molecule has 0 unspecified atom stereocenters. The maximum Gasteiger partial charge on any atom is 0.247 e. The first-order chi connectivity index (χ1) is 19.8. The molecule has 1 atom stereocenters. The fourth-order valence-electron chi connectivity index (χ4n) is 5.11. The molecule has 0 fully saturated rings. The Bertz CT molecular complexity index is 1410. The molecule has 216 valence electrons. The Kier molecular flexibility index (Phi) is 10.9. The molecule has 3 aromatic rings. The summed E-state index contributed by atoms with van der Waals surface area (Å²) < 4.78 is 26.7. The number of nitrogens with one attached hydrogen (secondary N) is 1. The SMILES string of the molecule is CS(=O)(=O)N(CC(=O)N(Cc1ccccc1)[C@H](C(=O)NCCC1=CCCCC1)c1ccccc1)Cc1ccccc1. The summed E-state index contributed by atoms with van der Waals surface area (Å²) in [6.45, 7) is 0.303. The molecule has 8 heteroatoms. The third kappa shape index (κ3) is 9.13. The maximum atomic E-state index is 14.1. The average molecular weight is 574 g/mol. The lowest BCUT2D eigenvalue weighted by Gasteiger charge is -2.33. The molecule has 1 aliphatic rings. The van der Waals surface area contributed by atoms with Crippen LogP contribution in [0.25, 0.3) is 0 Å². The Morgan fingerprint density at radius 1 is 0.829 bits per heavy atom. The molecule has 7 nitrogen and oxygen atoms in total. The van der Waals surface area contributed by atoms with Crippen molar-refractivity contribution in [2.24, 2.45) is 0 Å².